The fourth-order valence-electron chi connectivity index (χ4n) is 4.97. The van der Waals surface area contributed by atoms with Crippen molar-refractivity contribution in [2.45, 2.75) is 38.6 Å². The van der Waals surface area contributed by atoms with Crippen LogP contribution in [-0.2, 0) is 21.4 Å². The predicted molar refractivity (Wildman–Crippen MR) is 148 cm³/mol. The molecule has 6 heteroatoms. The number of fused-ring (bicyclic) bond motifs is 1. The molecular formula is C31H29ClN2O3. The van der Waals surface area contributed by atoms with Crippen molar-refractivity contribution in [2.75, 3.05) is 6.54 Å². The number of hydrogen-bond donors (Lipinski definition) is 2. The van der Waals surface area contributed by atoms with Crippen molar-refractivity contribution < 1.29 is 14.7 Å². The summed E-state index contributed by atoms with van der Waals surface area (Å²) in [5.41, 5.74) is 4.50. The first-order valence-electron chi connectivity index (χ1n) is 12.3. The number of aliphatic hydroxyl groups is 1. The summed E-state index contributed by atoms with van der Waals surface area (Å²) in [6, 6.07) is 21.8. The summed E-state index contributed by atoms with van der Waals surface area (Å²) in [5, 5.41) is 12.9. The Morgan fingerprint density at radius 3 is 2.32 bits per heavy atom. The minimum Gasteiger partial charge on any atom is -0.507 e. The van der Waals surface area contributed by atoms with Gasteiger partial charge in [0.1, 0.15) is 5.76 Å². The second kappa shape index (κ2) is 9.56. The average molecular weight is 513 g/mol. The maximum absolute atomic E-state index is 13.3. The monoisotopic (exact) mass is 512 g/mol. The van der Waals surface area contributed by atoms with Gasteiger partial charge in [0, 0.05) is 34.2 Å². The maximum Gasteiger partial charge on any atom is 0.295 e. The van der Waals surface area contributed by atoms with Crippen LogP contribution in [0, 0.1) is 0 Å². The number of amides is 1. The smallest absolute Gasteiger partial charge is 0.295 e. The number of likely N-dealkylation sites (tertiary alicyclic amines) is 1. The van der Waals surface area contributed by atoms with Crippen molar-refractivity contribution >= 4 is 40.0 Å². The number of carbonyl (C=O) groups is 2. The second-order valence-electron chi connectivity index (χ2n) is 10.5. The lowest BCUT2D eigenvalue weighted by atomic mass is 9.85. The Labute approximate surface area is 221 Å². The van der Waals surface area contributed by atoms with E-state index in [0.29, 0.717) is 23.6 Å². The molecule has 0 spiro atoms. The highest BCUT2D eigenvalue weighted by atomic mass is 35.5. The molecule has 0 bridgehead atoms. The number of ketones is 1. The minimum atomic E-state index is -0.699. The third-order valence-electron chi connectivity index (χ3n) is 7.05. The van der Waals surface area contributed by atoms with Gasteiger partial charge in [-0.2, -0.15) is 0 Å². The average Bonchev–Trinajstić information content (AvgIpc) is 3.41. The molecule has 1 unspecified atom stereocenters. The van der Waals surface area contributed by atoms with Crippen LogP contribution in [0.3, 0.4) is 0 Å². The lowest BCUT2D eigenvalue weighted by Crippen LogP contribution is -2.31. The molecule has 1 aromatic heterocycles. The van der Waals surface area contributed by atoms with Crippen molar-refractivity contribution in [1.82, 2.24) is 9.88 Å². The SMILES string of the molecule is CC(C)(C)c1ccc(C2/C(=C(/O)c3ccc(Cl)cc3)C(=O)C(=O)N2CCc2c[nH]c3ccccc23)cc1. The zero-order valence-corrected chi connectivity index (χ0v) is 21.8. The van der Waals surface area contributed by atoms with Crippen LogP contribution in [0.15, 0.2) is 84.6 Å². The molecule has 1 saturated heterocycles. The topological polar surface area (TPSA) is 73.4 Å². The Balaban J connectivity index is 1.57. The molecule has 1 atom stereocenters. The van der Waals surface area contributed by atoms with Gasteiger partial charge < -0.3 is 15.0 Å². The highest BCUT2D eigenvalue weighted by Gasteiger charge is 2.46. The van der Waals surface area contributed by atoms with Crippen molar-refractivity contribution in [2.24, 2.45) is 0 Å². The van der Waals surface area contributed by atoms with E-state index in [1.807, 2.05) is 54.7 Å². The lowest BCUT2D eigenvalue weighted by Gasteiger charge is -2.26. The molecule has 188 valence electrons. The molecule has 2 N–H and O–H groups in total. The summed E-state index contributed by atoms with van der Waals surface area (Å²) in [7, 11) is 0. The van der Waals surface area contributed by atoms with E-state index >= 15 is 0 Å². The first-order chi connectivity index (χ1) is 17.6. The van der Waals surface area contributed by atoms with E-state index in [0.717, 1.165) is 27.6 Å². The summed E-state index contributed by atoms with van der Waals surface area (Å²) >= 11 is 6.03. The van der Waals surface area contributed by atoms with Crippen LogP contribution in [0.2, 0.25) is 5.02 Å². The number of benzene rings is 3. The third kappa shape index (κ3) is 4.67. The number of carbonyl (C=O) groups excluding carboxylic acids is 2. The molecule has 2 heterocycles. The number of aromatic nitrogens is 1. The molecule has 1 aliphatic heterocycles. The number of para-hydroxylation sites is 1. The van der Waals surface area contributed by atoms with Crippen LogP contribution in [0.25, 0.3) is 16.7 Å². The highest BCUT2D eigenvalue weighted by molar-refractivity contribution is 6.46. The van der Waals surface area contributed by atoms with Gasteiger partial charge in [-0.05, 0) is 58.9 Å². The largest absolute Gasteiger partial charge is 0.507 e. The number of hydrogen-bond acceptors (Lipinski definition) is 3. The number of aliphatic hydroxyl groups excluding tert-OH is 1. The quantitative estimate of drug-likeness (QED) is 0.176. The van der Waals surface area contributed by atoms with Gasteiger partial charge in [-0.3, -0.25) is 9.59 Å². The molecule has 1 amide bonds. The zero-order chi connectivity index (χ0) is 26.3. The third-order valence-corrected chi connectivity index (χ3v) is 7.30. The van der Waals surface area contributed by atoms with E-state index in [2.05, 4.69) is 25.8 Å². The standard InChI is InChI=1S/C31H29ClN2O3/c1-31(2,3)22-12-8-19(9-13-22)27-26(28(35)20-10-14-23(32)15-11-20)29(36)30(37)34(27)17-16-21-18-33-25-7-5-4-6-24(21)25/h4-15,18,27,33,35H,16-17H2,1-3H3/b28-26-. The molecule has 4 aromatic rings. The summed E-state index contributed by atoms with van der Waals surface area (Å²) in [6.45, 7) is 6.73. The number of nitrogens with zero attached hydrogens (tertiary/aromatic N) is 1. The van der Waals surface area contributed by atoms with E-state index in [4.69, 9.17) is 11.6 Å². The first-order valence-corrected chi connectivity index (χ1v) is 12.7. The number of halogens is 1. The Morgan fingerprint density at radius 1 is 0.973 bits per heavy atom. The van der Waals surface area contributed by atoms with E-state index in [9.17, 15) is 14.7 Å². The molecular weight excluding hydrogens is 484 g/mol. The molecule has 3 aromatic carbocycles. The van der Waals surface area contributed by atoms with Gasteiger partial charge in [0.2, 0.25) is 0 Å². The van der Waals surface area contributed by atoms with E-state index < -0.39 is 17.7 Å². The Bertz CT molecular complexity index is 1510. The van der Waals surface area contributed by atoms with E-state index in [-0.39, 0.29) is 16.7 Å². The van der Waals surface area contributed by atoms with Gasteiger partial charge in [-0.15, -0.1) is 0 Å². The molecule has 1 aliphatic rings. The highest BCUT2D eigenvalue weighted by Crippen LogP contribution is 2.40. The fraction of sp³-hybridized carbons (Fsp3) is 0.226. The second-order valence-corrected chi connectivity index (χ2v) is 10.9. The van der Waals surface area contributed by atoms with Crippen molar-refractivity contribution in [1.29, 1.82) is 0 Å². The molecule has 5 rings (SSSR count). The van der Waals surface area contributed by atoms with Crippen LogP contribution in [0.4, 0.5) is 0 Å². The molecule has 37 heavy (non-hydrogen) atoms. The van der Waals surface area contributed by atoms with Gasteiger partial charge in [-0.25, -0.2) is 0 Å². The number of H-pyrrole nitrogens is 1. The van der Waals surface area contributed by atoms with Crippen LogP contribution >= 0.6 is 11.6 Å². The number of Topliss-reactive ketones (excluding diaryl/α,β-unsaturated/α-hetero) is 1. The van der Waals surface area contributed by atoms with Gasteiger partial charge in [-0.1, -0.05) is 74.8 Å². The lowest BCUT2D eigenvalue weighted by molar-refractivity contribution is -0.139. The van der Waals surface area contributed by atoms with Crippen molar-refractivity contribution in [3.63, 3.8) is 0 Å². The van der Waals surface area contributed by atoms with E-state index in [1.165, 1.54) is 0 Å². The summed E-state index contributed by atoms with van der Waals surface area (Å²) in [4.78, 5) is 31.5. The van der Waals surface area contributed by atoms with Crippen LogP contribution in [0.1, 0.15) is 49.1 Å². The van der Waals surface area contributed by atoms with Crippen LogP contribution in [-0.4, -0.2) is 33.2 Å². The molecule has 0 aliphatic carbocycles. The molecule has 0 radical (unpaired) electrons. The van der Waals surface area contributed by atoms with Crippen molar-refractivity contribution in [3.05, 3.63) is 112 Å². The normalized spacial score (nSPS) is 17.6. The zero-order valence-electron chi connectivity index (χ0n) is 21.1. The summed E-state index contributed by atoms with van der Waals surface area (Å²) < 4.78 is 0. The summed E-state index contributed by atoms with van der Waals surface area (Å²) in [6.07, 6.45) is 2.51. The number of nitrogens with one attached hydrogen (secondary N) is 1. The maximum atomic E-state index is 13.3. The molecule has 1 fully saturated rings. The van der Waals surface area contributed by atoms with Crippen LogP contribution in [0.5, 0.6) is 0 Å². The number of rotatable bonds is 5. The predicted octanol–water partition coefficient (Wildman–Crippen LogP) is 6.78. The summed E-state index contributed by atoms with van der Waals surface area (Å²) in [5.74, 6) is -1.49. The van der Waals surface area contributed by atoms with Crippen LogP contribution < -0.4 is 0 Å². The van der Waals surface area contributed by atoms with Gasteiger partial charge in [0.25, 0.3) is 11.7 Å². The number of aromatic amines is 1. The van der Waals surface area contributed by atoms with E-state index in [1.54, 1.807) is 29.2 Å². The Hall–Kier alpha value is -3.83. The Kier molecular flexibility index (Phi) is 6.42. The minimum absolute atomic E-state index is 0.0427. The Morgan fingerprint density at radius 2 is 1.65 bits per heavy atom. The first kappa shape index (κ1) is 24.8. The van der Waals surface area contributed by atoms with Crippen molar-refractivity contribution in [3.8, 4) is 0 Å². The molecule has 0 saturated carbocycles. The fourth-order valence-corrected chi connectivity index (χ4v) is 5.09. The van der Waals surface area contributed by atoms with Gasteiger partial charge >= 0.3 is 0 Å². The van der Waals surface area contributed by atoms with Gasteiger partial charge in [0.15, 0.2) is 0 Å². The van der Waals surface area contributed by atoms with Gasteiger partial charge in [0.05, 0.1) is 11.6 Å². The molecule has 5 nitrogen and oxygen atoms in total.